The molecule has 0 heterocycles. The van der Waals surface area contributed by atoms with Crippen LogP contribution in [0.3, 0.4) is 0 Å². The Bertz CT molecular complexity index is 1310. The van der Waals surface area contributed by atoms with Gasteiger partial charge in [0, 0.05) is 22.0 Å². The summed E-state index contributed by atoms with van der Waals surface area (Å²) in [6.07, 6.45) is 0. The minimum Gasteiger partial charge on any atom is -0.321 e. The van der Waals surface area contributed by atoms with Crippen molar-refractivity contribution in [2.75, 3.05) is 9.84 Å². The summed E-state index contributed by atoms with van der Waals surface area (Å²) in [4.78, 5) is 12.3. The molecule has 0 aliphatic carbocycles. The molecule has 0 fully saturated rings. The number of halogens is 1. The van der Waals surface area contributed by atoms with Gasteiger partial charge in [-0.1, -0.05) is 69.7 Å². The van der Waals surface area contributed by atoms with Crippen LogP contribution in [0.2, 0.25) is 0 Å². The first-order valence-corrected chi connectivity index (χ1v) is 10.6. The molecule has 1 N–H and O–H groups in total. The zero-order chi connectivity index (χ0) is 21.1. The summed E-state index contributed by atoms with van der Waals surface area (Å²) in [5.41, 5.74) is 0.809. The molecule has 0 aromatic heterocycles. The van der Waals surface area contributed by atoms with E-state index in [0.29, 0.717) is 22.0 Å². The highest BCUT2D eigenvalue weighted by Crippen LogP contribution is 2.32. The van der Waals surface area contributed by atoms with E-state index < -0.39 is 10.0 Å². The number of rotatable bonds is 5. The number of para-hydroxylation sites is 1. The number of benzene rings is 4. The van der Waals surface area contributed by atoms with Gasteiger partial charge in [-0.05, 0) is 36.4 Å². The molecule has 0 aliphatic rings. The van der Waals surface area contributed by atoms with Crippen LogP contribution in [-0.4, -0.2) is 14.3 Å². The molecule has 0 radical (unpaired) electrons. The zero-order valence-electron chi connectivity index (χ0n) is 15.7. The third kappa shape index (κ3) is 3.62. The number of carbonyl (C=O) groups excluding carboxylic acids is 1. The largest absolute Gasteiger partial charge is 0.321 e. The maximum atomic E-state index is 14.8. The fraction of sp³-hybridized carbons (Fsp3) is 0. The molecule has 7 heteroatoms. The molecular weight excluding hydrogens is 403 g/mol. The molecule has 150 valence electrons. The van der Waals surface area contributed by atoms with Crippen molar-refractivity contribution in [1.82, 2.24) is 0 Å². The molecule has 0 aliphatic heterocycles. The molecule has 0 bridgehead atoms. The van der Waals surface area contributed by atoms with Gasteiger partial charge in [-0.15, -0.1) is 0 Å². The first-order valence-electron chi connectivity index (χ1n) is 9.13. The van der Waals surface area contributed by atoms with E-state index in [4.69, 9.17) is 0 Å². The van der Waals surface area contributed by atoms with Gasteiger partial charge in [0.2, 0.25) is 0 Å². The van der Waals surface area contributed by atoms with Gasteiger partial charge in [0.25, 0.3) is 15.9 Å². The third-order valence-electron chi connectivity index (χ3n) is 4.61. The summed E-state index contributed by atoms with van der Waals surface area (Å²) in [7, 11) is -4.46. The Balaban J connectivity index is 1.76. The van der Waals surface area contributed by atoms with Crippen LogP contribution in [0.15, 0.2) is 102 Å². The van der Waals surface area contributed by atoms with Crippen molar-refractivity contribution in [3.63, 3.8) is 0 Å². The Kier molecular flexibility index (Phi) is 5.20. The van der Waals surface area contributed by atoms with Crippen LogP contribution in [0.1, 0.15) is 10.4 Å². The Hall–Kier alpha value is -3.71. The van der Waals surface area contributed by atoms with Gasteiger partial charge >= 0.3 is 0 Å². The summed E-state index contributed by atoms with van der Waals surface area (Å²) in [5.74, 6) is -0.326. The van der Waals surface area contributed by atoms with E-state index in [0.717, 1.165) is 0 Å². The van der Waals surface area contributed by atoms with Crippen molar-refractivity contribution in [3.05, 3.63) is 103 Å². The topological polar surface area (TPSA) is 66.5 Å². The Morgan fingerprint density at radius 3 is 2.03 bits per heavy atom. The van der Waals surface area contributed by atoms with Gasteiger partial charge in [0.05, 0.1) is 10.6 Å². The first-order chi connectivity index (χ1) is 14.5. The van der Waals surface area contributed by atoms with Crippen molar-refractivity contribution in [2.24, 2.45) is 0 Å². The summed E-state index contributed by atoms with van der Waals surface area (Å²) in [6, 6.07) is 25.6. The lowest BCUT2D eigenvalue weighted by Crippen LogP contribution is -2.22. The van der Waals surface area contributed by atoms with Crippen LogP contribution in [0.25, 0.3) is 10.8 Å². The SMILES string of the molecule is O=C(Nc1cccc2c(S(=O)(=O)N(F)c3ccccc3)cccc12)c1ccccc1. The quantitative estimate of drug-likeness (QED) is 0.453. The Labute approximate surface area is 173 Å². The average Bonchev–Trinajstić information content (AvgIpc) is 2.79. The molecule has 4 aromatic rings. The molecule has 5 nitrogen and oxygen atoms in total. The number of carbonyl (C=O) groups is 1. The van der Waals surface area contributed by atoms with Crippen LogP contribution >= 0.6 is 0 Å². The lowest BCUT2D eigenvalue weighted by atomic mass is 10.1. The predicted octanol–water partition coefficient (Wildman–Crippen LogP) is 5.17. The third-order valence-corrected chi connectivity index (χ3v) is 6.16. The van der Waals surface area contributed by atoms with E-state index in [1.165, 1.54) is 24.3 Å². The maximum Gasteiger partial charge on any atom is 0.291 e. The van der Waals surface area contributed by atoms with E-state index >= 15 is 0 Å². The van der Waals surface area contributed by atoms with Gasteiger partial charge in [0.1, 0.15) is 0 Å². The number of hydrogen-bond donors (Lipinski definition) is 1. The molecule has 4 aromatic carbocycles. The van der Waals surface area contributed by atoms with Crippen LogP contribution < -0.4 is 9.84 Å². The van der Waals surface area contributed by atoms with E-state index in [1.54, 1.807) is 72.8 Å². The molecule has 0 saturated heterocycles. The minimum absolute atomic E-state index is 0.0944. The molecule has 30 heavy (non-hydrogen) atoms. The van der Waals surface area contributed by atoms with Crippen molar-refractivity contribution in [3.8, 4) is 0 Å². The van der Waals surface area contributed by atoms with Crippen molar-refractivity contribution >= 4 is 38.1 Å². The number of amides is 1. The number of sulfonamides is 1. The fourth-order valence-electron chi connectivity index (χ4n) is 3.17. The second-order valence-electron chi connectivity index (χ2n) is 6.53. The fourth-order valence-corrected chi connectivity index (χ4v) is 4.45. The first kappa shape index (κ1) is 19.6. The Morgan fingerprint density at radius 1 is 0.733 bits per heavy atom. The highest BCUT2D eigenvalue weighted by molar-refractivity contribution is 7.92. The molecular formula is C23H17FN2O3S. The van der Waals surface area contributed by atoms with E-state index in [-0.39, 0.29) is 21.0 Å². The van der Waals surface area contributed by atoms with Gasteiger partial charge in [-0.2, -0.15) is 8.42 Å². The summed E-state index contributed by atoms with van der Waals surface area (Å²) < 4.78 is 40.5. The van der Waals surface area contributed by atoms with Crippen LogP contribution in [0.5, 0.6) is 0 Å². The summed E-state index contributed by atoms with van der Waals surface area (Å²) in [5, 5.41) is 3.60. The summed E-state index contributed by atoms with van der Waals surface area (Å²) >= 11 is 0. The Morgan fingerprint density at radius 2 is 1.33 bits per heavy atom. The van der Waals surface area contributed by atoms with Gasteiger partial charge in [-0.25, -0.2) is 0 Å². The number of nitrogens with zero attached hydrogens (tertiary/aromatic N) is 1. The van der Waals surface area contributed by atoms with Gasteiger partial charge < -0.3 is 5.32 Å². The maximum absolute atomic E-state index is 14.8. The van der Waals surface area contributed by atoms with Crippen LogP contribution in [0, 0.1) is 0 Å². The zero-order valence-corrected chi connectivity index (χ0v) is 16.5. The second-order valence-corrected chi connectivity index (χ2v) is 8.24. The molecule has 0 unspecified atom stereocenters. The second kappa shape index (κ2) is 7.96. The number of nitrogens with one attached hydrogen (secondary N) is 1. The monoisotopic (exact) mass is 420 g/mol. The predicted molar refractivity (Wildman–Crippen MR) is 116 cm³/mol. The van der Waals surface area contributed by atoms with Gasteiger partial charge in [0.15, 0.2) is 0 Å². The minimum atomic E-state index is -4.46. The molecule has 0 spiro atoms. The smallest absolute Gasteiger partial charge is 0.291 e. The molecule has 1 amide bonds. The molecule has 0 atom stereocenters. The number of fused-ring (bicyclic) bond motifs is 1. The highest BCUT2D eigenvalue weighted by Gasteiger charge is 2.27. The van der Waals surface area contributed by atoms with Crippen molar-refractivity contribution in [2.45, 2.75) is 4.90 Å². The standard InChI is InChI=1S/C23H17FN2O3S/c24-26(18-11-5-2-6-12-18)30(28,29)22-16-8-13-19-20(22)14-7-15-21(19)25-23(27)17-9-3-1-4-10-17/h1-16H,(H,25,27). The van der Waals surface area contributed by atoms with Crippen molar-refractivity contribution in [1.29, 1.82) is 0 Å². The average molecular weight is 420 g/mol. The van der Waals surface area contributed by atoms with E-state index in [2.05, 4.69) is 5.32 Å². The van der Waals surface area contributed by atoms with E-state index in [9.17, 15) is 17.7 Å². The lowest BCUT2D eigenvalue weighted by molar-refractivity contribution is 0.102. The van der Waals surface area contributed by atoms with Crippen molar-refractivity contribution < 1.29 is 17.7 Å². The van der Waals surface area contributed by atoms with Crippen LogP contribution in [-0.2, 0) is 10.0 Å². The van der Waals surface area contributed by atoms with Crippen LogP contribution in [0.4, 0.5) is 15.9 Å². The molecule has 0 saturated carbocycles. The number of hydrogen-bond acceptors (Lipinski definition) is 3. The normalized spacial score (nSPS) is 11.2. The highest BCUT2D eigenvalue weighted by atomic mass is 32.2. The molecule has 4 rings (SSSR count). The number of anilines is 2. The van der Waals surface area contributed by atoms with E-state index in [1.807, 2.05) is 0 Å². The lowest BCUT2D eigenvalue weighted by Gasteiger charge is -2.16. The van der Waals surface area contributed by atoms with Gasteiger partial charge in [-0.3, -0.25) is 4.79 Å². The summed E-state index contributed by atoms with van der Waals surface area (Å²) in [6.45, 7) is 0.